The molecule has 0 amide bonds. The zero-order chi connectivity index (χ0) is 14.7. The lowest BCUT2D eigenvalue weighted by Gasteiger charge is -2.22. The van der Waals surface area contributed by atoms with Gasteiger partial charge in [0.1, 0.15) is 12.4 Å². The standard InChI is InChI=1S/C17H19O3P.2H2O/c1-3-12-4-6-15-14(8-12)11-19-17-9-13(5-7-16(15)17)10-20-21-18-2;;/h4-9,21H,3,10-11H2,1-2H3;2*1H2. The van der Waals surface area contributed by atoms with E-state index in [4.69, 9.17) is 13.8 Å². The first-order chi connectivity index (χ1) is 10.3. The highest BCUT2D eigenvalue weighted by atomic mass is 31.1. The zero-order valence-corrected chi connectivity index (χ0v) is 14.3. The van der Waals surface area contributed by atoms with E-state index < -0.39 is 0 Å². The van der Waals surface area contributed by atoms with E-state index in [-0.39, 0.29) is 20.0 Å². The summed E-state index contributed by atoms with van der Waals surface area (Å²) in [7, 11) is 1.71. The van der Waals surface area contributed by atoms with Crippen LogP contribution in [0.3, 0.4) is 0 Å². The molecule has 3 rings (SSSR count). The molecule has 1 heterocycles. The molecule has 0 saturated carbocycles. The first kappa shape index (κ1) is 19.6. The molecule has 0 bridgehead atoms. The van der Waals surface area contributed by atoms with Gasteiger partial charge in [0.25, 0.3) is 0 Å². The first-order valence-corrected chi connectivity index (χ1v) is 7.91. The fraction of sp³-hybridized carbons (Fsp3) is 0.294. The van der Waals surface area contributed by atoms with E-state index in [1.165, 1.54) is 16.7 Å². The van der Waals surface area contributed by atoms with Gasteiger partial charge in [-0.25, -0.2) is 0 Å². The van der Waals surface area contributed by atoms with Crippen molar-refractivity contribution in [2.45, 2.75) is 26.6 Å². The van der Waals surface area contributed by atoms with Gasteiger partial charge in [-0.3, -0.25) is 0 Å². The van der Waals surface area contributed by atoms with Crippen molar-refractivity contribution in [2.24, 2.45) is 0 Å². The topological polar surface area (TPSA) is 90.7 Å². The van der Waals surface area contributed by atoms with Crippen LogP contribution in [-0.4, -0.2) is 18.1 Å². The number of rotatable bonds is 5. The highest BCUT2D eigenvalue weighted by Gasteiger charge is 2.17. The summed E-state index contributed by atoms with van der Waals surface area (Å²) in [6, 6.07) is 12.9. The van der Waals surface area contributed by atoms with Crippen LogP contribution in [0.4, 0.5) is 0 Å². The molecule has 0 fully saturated rings. The number of hydrogen-bond donors (Lipinski definition) is 0. The van der Waals surface area contributed by atoms with Crippen molar-refractivity contribution in [1.29, 1.82) is 0 Å². The second-order valence-electron chi connectivity index (χ2n) is 5.04. The van der Waals surface area contributed by atoms with Crippen LogP contribution in [-0.2, 0) is 28.7 Å². The molecule has 1 aliphatic rings. The van der Waals surface area contributed by atoms with Crippen molar-refractivity contribution >= 4 is 9.03 Å². The second kappa shape index (κ2) is 8.96. The minimum absolute atomic E-state index is 0. The van der Waals surface area contributed by atoms with E-state index in [0.717, 1.165) is 23.3 Å². The van der Waals surface area contributed by atoms with Gasteiger partial charge in [0.05, 0.1) is 6.61 Å². The molecule has 23 heavy (non-hydrogen) atoms. The average Bonchev–Trinajstić information content (AvgIpc) is 2.54. The van der Waals surface area contributed by atoms with Gasteiger partial charge in [-0.05, 0) is 34.7 Å². The van der Waals surface area contributed by atoms with Crippen LogP contribution in [0.1, 0.15) is 23.6 Å². The van der Waals surface area contributed by atoms with Crippen molar-refractivity contribution in [3.63, 3.8) is 0 Å². The third kappa shape index (κ3) is 4.28. The van der Waals surface area contributed by atoms with Crippen LogP contribution in [0.5, 0.6) is 5.75 Å². The molecule has 2 aromatic carbocycles. The van der Waals surface area contributed by atoms with Crippen molar-refractivity contribution in [1.82, 2.24) is 0 Å². The lowest BCUT2D eigenvalue weighted by Crippen LogP contribution is -2.06. The third-order valence-corrected chi connectivity index (χ3v) is 4.11. The fourth-order valence-electron chi connectivity index (χ4n) is 2.57. The maximum Gasteiger partial charge on any atom is 0.155 e. The maximum atomic E-state index is 5.91. The van der Waals surface area contributed by atoms with Gasteiger partial charge in [0, 0.05) is 12.7 Å². The third-order valence-electron chi connectivity index (χ3n) is 3.68. The van der Waals surface area contributed by atoms with E-state index in [0.29, 0.717) is 13.2 Å². The number of fused-ring (bicyclic) bond motifs is 3. The molecule has 0 aliphatic carbocycles. The zero-order valence-electron chi connectivity index (χ0n) is 13.3. The van der Waals surface area contributed by atoms with Crippen molar-refractivity contribution < 1.29 is 24.7 Å². The van der Waals surface area contributed by atoms with Gasteiger partial charge in [0.2, 0.25) is 0 Å². The molecule has 0 radical (unpaired) electrons. The minimum atomic E-state index is 0. The molecule has 126 valence electrons. The van der Waals surface area contributed by atoms with Crippen molar-refractivity contribution in [3.05, 3.63) is 53.1 Å². The Labute approximate surface area is 138 Å². The predicted octanol–water partition coefficient (Wildman–Crippen LogP) is 2.83. The molecule has 1 unspecified atom stereocenters. The van der Waals surface area contributed by atoms with Crippen LogP contribution in [0.2, 0.25) is 0 Å². The Bertz CT molecular complexity index is 645. The van der Waals surface area contributed by atoms with Crippen molar-refractivity contribution in [3.8, 4) is 16.9 Å². The molecular weight excluding hydrogens is 315 g/mol. The quantitative estimate of drug-likeness (QED) is 0.620. The molecule has 5 nitrogen and oxygen atoms in total. The number of benzene rings is 2. The molecule has 6 heteroatoms. The number of aryl methyl sites for hydroxylation is 1. The van der Waals surface area contributed by atoms with Gasteiger partial charge in [-0.1, -0.05) is 37.3 Å². The van der Waals surface area contributed by atoms with Gasteiger partial charge in [-0.15, -0.1) is 0 Å². The molecule has 1 atom stereocenters. The average molecular weight is 338 g/mol. The molecule has 0 saturated heterocycles. The summed E-state index contributed by atoms with van der Waals surface area (Å²) in [6.07, 6.45) is 1.05. The molecule has 1 aliphatic heterocycles. The summed E-state index contributed by atoms with van der Waals surface area (Å²) in [6.45, 7) is 3.36. The Kier molecular flexibility index (Phi) is 7.62. The van der Waals surface area contributed by atoms with Gasteiger partial charge in [-0.2, -0.15) is 0 Å². The second-order valence-corrected chi connectivity index (χ2v) is 5.90. The SMILES string of the molecule is CCc1ccc2c(c1)COc1cc(COPOC)ccc1-2.O.O. The highest BCUT2D eigenvalue weighted by molar-refractivity contribution is 7.26. The van der Waals surface area contributed by atoms with Crippen LogP contribution in [0.25, 0.3) is 11.1 Å². The largest absolute Gasteiger partial charge is 0.488 e. The van der Waals surface area contributed by atoms with Crippen LogP contribution in [0, 0.1) is 0 Å². The molecule has 0 spiro atoms. The summed E-state index contributed by atoms with van der Waals surface area (Å²) in [5.74, 6) is 0.939. The summed E-state index contributed by atoms with van der Waals surface area (Å²) in [5.41, 5.74) is 6.17. The van der Waals surface area contributed by atoms with Crippen LogP contribution < -0.4 is 4.74 Å². The van der Waals surface area contributed by atoms with Crippen LogP contribution >= 0.6 is 9.03 Å². The summed E-state index contributed by atoms with van der Waals surface area (Å²) < 4.78 is 16.2. The van der Waals surface area contributed by atoms with E-state index in [9.17, 15) is 0 Å². The van der Waals surface area contributed by atoms with Crippen molar-refractivity contribution in [2.75, 3.05) is 7.11 Å². The Morgan fingerprint density at radius 1 is 1.04 bits per heavy atom. The summed E-state index contributed by atoms with van der Waals surface area (Å²) in [4.78, 5) is 0. The van der Waals surface area contributed by atoms with Gasteiger partial charge >= 0.3 is 0 Å². The molecule has 0 aromatic heterocycles. The van der Waals surface area contributed by atoms with E-state index in [1.54, 1.807) is 7.11 Å². The monoisotopic (exact) mass is 338 g/mol. The molecular formula is C17H23O5P. The van der Waals surface area contributed by atoms with E-state index in [2.05, 4.69) is 43.3 Å². The Hall–Kier alpha value is -1.49. The normalized spacial score (nSPS) is 11.9. The van der Waals surface area contributed by atoms with Crippen LogP contribution in [0.15, 0.2) is 36.4 Å². The molecule has 4 N–H and O–H groups in total. The van der Waals surface area contributed by atoms with E-state index in [1.807, 2.05) is 0 Å². The van der Waals surface area contributed by atoms with Gasteiger partial charge in [0.15, 0.2) is 9.03 Å². The minimum Gasteiger partial charge on any atom is -0.488 e. The number of ether oxygens (including phenoxy) is 1. The maximum absolute atomic E-state index is 5.91. The summed E-state index contributed by atoms with van der Waals surface area (Å²) in [5, 5.41) is 0. The Morgan fingerprint density at radius 3 is 2.52 bits per heavy atom. The number of hydrogen-bond acceptors (Lipinski definition) is 3. The molecule has 2 aromatic rings. The smallest absolute Gasteiger partial charge is 0.155 e. The lowest BCUT2D eigenvalue weighted by molar-refractivity contribution is 0.287. The first-order valence-electron chi connectivity index (χ1n) is 7.09. The summed E-state index contributed by atoms with van der Waals surface area (Å²) >= 11 is 0. The Morgan fingerprint density at radius 2 is 1.78 bits per heavy atom. The lowest BCUT2D eigenvalue weighted by atomic mass is 9.94. The Balaban J connectivity index is 0.00000132. The fourth-order valence-corrected chi connectivity index (χ4v) is 2.92. The van der Waals surface area contributed by atoms with E-state index >= 15 is 0 Å². The highest BCUT2D eigenvalue weighted by Crippen LogP contribution is 2.38. The predicted molar refractivity (Wildman–Crippen MR) is 92.9 cm³/mol. The van der Waals surface area contributed by atoms with Gasteiger partial charge < -0.3 is 24.7 Å².